The van der Waals surface area contributed by atoms with Crippen molar-refractivity contribution in [1.29, 1.82) is 0 Å². The summed E-state index contributed by atoms with van der Waals surface area (Å²) in [5.41, 5.74) is 4.30. The van der Waals surface area contributed by atoms with E-state index in [1.165, 1.54) is 11.3 Å². The van der Waals surface area contributed by atoms with Crippen molar-refractivity contribution in [3.8, 4) is 11.5 Å². The van der Waals surface area contributed by atoms with Crippen LogP contribution in [-0.2, 0) is 20.8 Å². The summed E-state index contributed by atoms with van der Waals surface area (Å²) in [7, 11) is 3.11. The van der Waals surface area contributed by atoms with Crippen LogP contribution < -0.4 is 24.4 Å². The number of hydrogen-bond acceptors (Lipinski definition) is 8. The Morgan fingerprint density at radius 3 is 2.61 bits per heavy atom. The van der Waals surface area contributed by atoms with Crippen LogP contribution in [-0.4, -0.2) is 48.6 Å². The van der Waals surface area contributed by atoms with Gasteiger partial charge in [0.2, 0.25) is 0 Å². The molecule has 0 spiro atoms. The lowest BCUT2D eigenvalue weighted by atomic mass is 9.95. The lowest BCUT2D eigenvalue weighted by Crippen LogP contribution is -2.40. The summed E-state index contributed by atoms with van der Waals surface area (Å²) in [6.45, 7) is 9.44. The minimum atomic E-state index is -0.809. The Morgan fingerprint density at radius 1 is 1.20 bits per heavy atom. The Morgan fingerprint density at radius 2 is 1.95 bits per heavy atom. The number of nitrogens with zero attached hydrogens (tertiary/aromatic N) is 3. The maximum absolute atomic E-state index is 14.1. The van der Waals surface area contributed by atoms with Crippen molar-refractivity contribution in [2.24, 2.45) is 4.99 Å². The molecule has 218 valence electrons. The minimum Gasteiger partial charge on any atom is -0.496 e. The third-order valence-corrected chi connectivity index (χ3v) is 9.23. The molecule has 5 rings (SSSR count). The second kappa shape index (κ2) is 12.0. The van der Waals surface area contributed by atoms with Gasteiger partial charge in [0.15, 0.2) is 4.80 Å². The zero-order chi connectivity index (χ0) is 29.4. The average Bonchev–Trinajstić information content (AvgIpc) is 3.63. The Kier molecular flexibility index (Phi) is 8.58. The number of rotatable bonds is 8. The van der Waals surface area contributed by atoms with Gasteiger partial charge in [0.05, 0.1) is 47.2 Å². The van der Waals surface area contributed by atoms with Gasteiger partial charge in [-0.25, -0.2) is 9.79 Å². The van der Waals surface area contributed by atoms with Gasteiger partial charge in [-0.3, -0.25) is 9.36 Å². The van der Waals surface area contributed by atoms with Crippen LogP contribution in [0.3, 0.4) is 0 Å². The average molecular weight is 645 g/mol. The second-order valence-electron chi connectivity index (χ2n) is 10.1. The zero-order valence-corrected chi connectivity index (χ0v) is 26.5. The predicted molar refractivity (Wildman–Crippen MR) is 161 cm³/mol. The van der Waals surface area contributed by atoms with E-state index in [1.807, 2.05) is 12.1 Å². The van der Waals surface area contributed by atoms with Gasteiger partial charge in [0.1, 0.15) is 17.5 Å². The molecule has 0 aliphatic carbocycles. The Bertz CT molecular complexity index is 1710. The van der Waals surface area contributed by atoms with Crippen molar-refractivity contribution in [1.82, 2.24) is 9.13 Å². The number of aryl methyl sites for hydroxylation is 1. The summed E-state index contributed by atoms with van der Waals surface area (Å²) in [4.78, 5) is 32.6. The zero-order valence-electron chi connectivity index (χ0n) is 24.1. The second-order valence-corrected chi connectivity index (χ2v) is 12.0. The Labute approximate surface area is 250 Å². The number of halogens is 1. The minimum absolute atomic E-state index is 0.192. The van der Waals surface area contributed by atoms with Gasteiger partial charge in [-0.2, -0.15) is 0 Å². The number of hydrogen-bond donors (Lipinski definition) is 0. The first-order valence-electron chi connectivity index (χ1n) is 13.6. The van der Waals surface area contributed by atoms with Gasteiger partial charge in [-0.05, 0) is 80.2 Å². The number of esters is 1. The van der Waals surface area contributed by atoms with Gasteiger partial charge in [0.25, 0.3) is 5.56 Å². The van der Waals surface area contributed by atoms with E-state index < -0.39 is 12.0 Å². The number of carbonyl (C=O) groups excluding carboxylic acids is 1. The largest absolute Gasteiger partial charge is 0.496 e. The highest BCUT2D eigenvalue weighted by Gasteiger charge is 2.35. The van der Waals surface area contributed by atoms with Crippen LogP contribution in [0.25, 0.3) is 6.08 Å². The first kappa shape index (κ1) is 29.3. The first-order chi connectivity index (χ1) is 19.7. The van der Waals surface area contributed by atoms with E-state index in [2.05, 4.69) is 40.4 Å². The Hall–Kier alpha value is -3.15. The molecule has 0 unspecified atom stereocenters. The monoisotopic (exact) mass is 643 g/mol. The normalized spacial score (nSPS) is 18.9. The van der Waals surface area contributed by atoms with E-state index in [4.69, 9.17) is 23.9 Å². The fourth-order valence-electron chi connectivity index (χ4n) is 5.57. The van der Waals surface area contributed by atoms with Gasteiger partial charge < -0.3 is 23.5 Å². The third-order valence-electron chi connectivity index (χ3n) is 7.63. The lowest BCUT2D eigenvalue weighted by molar-refractivity contribution is -0.139. The van der Waals surface area contributed by atoms with Crippen LogP contribution in [0.4, 0.5) is 0 Å². The number of ether oxygens (including phenoxy) is 4. The third kappa shape index (κ3) is 5.42. The number of aromatic nitrogens is 2. The van der Waals surface area contributed by atoms with Crippen molar-refractivity contribution in [3.05, 3.63) is 76.1 Å². The molecule has 11 heteroatoms. The van der Waals surface area contributed by atoms with Crippen LogP contribution in [0.15, 0.2) is 43.7 Å². The smallest absolute Gasteiger partial charge is 0.338 e. The molecule has 2 aliphatic heterocycles. The van der Waals surface area contributed by atoms with Crippen LogP contribution in [0.5, 0.6) is 11.5 Å². The summed E-state index contributed by atoms with van der Waals surface area (Å²) in [6.07, 6.45) is 4.26. The van der Waals surface area contributed by atoms with E-state index in [9.17, 15) is 9.59 Å². The van der Waals surface area contributed by atoms with Gasteiger partial charge in [0, 0.05) is 36.2 Å². The van der Waals surface area contributed by atoms with E-state index in [-0.39, 0.29) is 23.8 Å². The Balaban J connectivity index is 1.69. The van der Waals surface area contributed by atoms with E-state index >= 15 is 0 Å². The fraction of sp³-hybridized carbons (Fsp3) is 0.433. The molecule has 0 N–H and O–H groups in total. The number of fused-ring (bicyclic) bond motifs is 1. The van der Waals surface area contributed by atoms with Crippen LogP contribution in [0.1, 0.15) is 55.2 Å². The molecule has 2 atom stereocenters. The molecule has 0 radical (unpaired) electrons. The summed E-state index contributed by atoms with van der Waals surface area (Å²) in [5.74, 6) is 0.508. The van der Waals surface area contributed by atoms with Gasteiger partial charge in [-0.1, -0.05) is 11.3 Å². The summed E-state index contributed by atoms with van der Waals surface area (Å²) in [6, 6.07) is 4.84. The summed E-state index contributed by atoms with van der Waals surface area (Å²) < 4.78 is 27.5. The van der Waals surface area contributed by atoms with Crippen LogP contribution >= 0.6 is 27.3 Å². The summed E-state index contributed by atoms with van der Waals surface area (Å²) in [5, 5.41) is 0. The lowest BCUT2D eigenvalue weighted by Gasteiger charge is -2.26. The predicted octanol–water partition coefficient (Wildman–Crippen LogP) is 4.18. The topological polar surface area (TPSA) is 93.3 Å². The molecule has 1 aromatic carbocycles. The molecule has 1 fully saturated rings. The molecule has 3 aromatic rings. The van der Waals surface area contributed by atoms with Crippen molar-refractivity contribution in [2.45, 2.75) is 59.2 Å². The highest BCUT2D eigenvalue weighted by molar-refractivity contribution is 9.10. The number of benzene rings is 1. The highest BCUT2D eigenvalue weighted by atomic mass is 79.9. The van der Waals surface area contributed by atoms with E-state index in [1.54, 1.807) is 38.7 Å². The quantitative estimate of drug-likeness (QED) is 0.342. The SMILES string of the molecule is CCOC(=O)C1=C(C)N=c2s/c(=C\c3cc(C)n(C[C@@H]4CCCO4)c3C)c(=O)n2[C@@H]1c1cc(Br)c(OC)cc1OC. The number of methoxy groups -OCH3 is 2. The molecule has 0 saturated carbocycles. The molecule has 9 nitrogen and oxygen atoms in total. The maximum atomic E-state index is 14.1. The van der Waals surface area contributed by atoms with Crippen molar-refractivity contribution < 1.29 is 23.7 Å². The standard InChI is InChI=1S/C30H34BrN3O6S/c1-7-39-29(36)26-17(3)32-30-34(27(26)21-13-22(31)24(38-6)14-23(21)37-5)28(35)25(41-30)12-19-11-16(2)33(18(19)4)15-20-9-8-10-40-20/h11-14,20,27H,7-10,15H2,1-6H3/b25-12-/t20-,27+/m0/s1. The number of allylic oxidation sites excluding steroid dienone is 1. The molecule has 41 heavy (non-hydrogen) atoms. The molecule has 0 amide bonds. The van der Waals surface area contributed by atoms with Gasteiger partial charge >= 0.3 is 5.97 Å². The molecular weight excluding hydrogens is 610 g/mol. The molecule has 2 aromatic heterocycles. The molecular formula is C30H34BrN3O6S. The molecule has 2 aliphatic rings. The van der Waals surface area contributed by atoms with Crippen LogP contribution in [0, 0.1) is 13.8 Å². The molecule has 1 saturated heterocycles. The highest BCUT2D eigenvalue weighted by Crippen LogP contribution is 2.41. The van der Waals surface area contributed by atoms with Crippen molar-refractivity contribution in [2.75, 3.05) is 27.4 Å². The molecule has 4 heterocycles. The van der Waals surface area contributed by atoms with Gasteiger partial charge in [-0.15, -0.1) is 0 Å². The number of carbonyl (C=O) groups is 1. The number of thiazole rings is 1. The maximum Gasteiger partial charge on any atom is 0.338 e. The van der Waals surface area contributed by atoms with Crippen LogP contribution in [0.2, 0.25) is 0 Å². The van der Waals surface area contributed by atoms with Crippen molar-refractivity contribution in [3.63, 3.8) is 0 Å². The fourth-order valence-corrected chi connectivity index (χ4v) is 7.13. The first-order valence-corrected chi connectivity index (χ1v) is 15.2. The summed E-state index contributed by atoms with van der Waals surface area (Å²) >= 11 is 4.86. The van der Waals surface area contributed by atoms with E-state index in [0.717, 1.165) is 42.9 Å². The van der Waals surface area contributed by atoms with E-state index in [0.29, 0.717) is 36.6 Å². The molecule has 0 bridgehead atoms. The van der Waals surface area contributed by atoms with Crippen molar-refractivity contribution >= 4 is 39.3 Å².